The molecule has 0 saturated heterocycles. The molecule has 0 bridgehead atoms. The molecule has 0 amide bonds. The van der Waals surface area contributed by atoms with Crippen LogP contribution in [0.4, 0.5) is 8.78 Å². The third-order valence-electron chi connectivity index (χ3n) is 2.27. The maximum absolute atomic E-state index is 13.2. The van der Waals surface area contributed by atoms with Crippen molar-refractivity contribution >= 4 is 5.78 Å². The van der Waals surface area contributed by atoms with Gasteiger partial charge in [-0.25, -0.2) is 8.78 Å². The van der Waals surface area contributed by atoms with E-state index in [1.807, 2.05) is 4.90 Å². The van der Waals surface area contributed by atoms with Crippen molar-refractivity contribution in [3.05, 3.63) is 35.4 Å². The largest absolute Gasteiger partial charge is 0.299 e. The van der Waals surface area contributed by atoms with Crippen LogP contribution in [0.3, 0.4) is 0 Å². The molecule has 4 heteroatoms. The SMILES string of the molecule is CC(=O)CN(C)CCc1ccc(F)cc1F. The molecule has 0 aliphatic carbocycles. The van der Waals surface area contributed by atoms with Crippen LogP contribution in [-0.2, 0) is 11.2 Å². The summed E-state index contributed by atoms with van der Waals surface area (Å²) >= 11 is 0. The highest BCUT2D eigenvalue weighted by Gasteiger charge is 2.06. The summed E-state index contributed by atoms with van der Waals surface area (Å²) in [6.07, 6.45) is 0.468. The number of hydrogen-bond acceptors (Lipinski definition) is 2. The molecule has 0 atom stereocenters. The third kappa shape index (κ3) is 4.06. The minimum atomic E-state index is -0.571. The van der Waals surface area contributed by atoms with Crippen molar-refractivity contribution < 1.29 is 13.6 Å². The van der Waals surface area contributed by atoms with Crippen LogP contribution in [0.15, 0.2) is 18.2 Å². The average Bonchev–Trinajstić information content (AvgIpc) is 2.15. The zero-order valence-electron chi connectivity index (χ0n) is 9.46. The van der Waals surface area contributed by atoms with Gasteiger partial charge >= 0.3 is 0 Å². The van der Waals surface area contributed by atoms with E-state index in [0.29, 0.717) is 25.1 Å². The van der Waals surface area contributed by atoms with E-state index in [1.165, 1.54) is 19.1 Å². The summed E-state index contributed by atoms with van der Waals surface area (Å²) in [5.41, 5.74) is 0.469. The number of benzene rings is 1. The molecule has 0 radical (unpaired) electrons. The topological polar surface area (TPSA) is 20.3 Å². The van der Waals surface area contributed by atoms with Gasteiger partial charge in [0.2, 0.25) is 0 Å². The Bertz CT molecular complexity index is 379. The van der Waals surface area contributed by atoms with Crippen molar-refractivity contribution in [2.75, 3.05) is 20.1 Å². The fourth-order valence-corrected chi connectivity index (χ4v) is 1.49. The van der Waals surface area contributed by atoms with Crippen molar-refractivity contribution in [1.82, 2.24) is 4.90 Å². The number of carbonyl (C=O) groups is 1. The highest BCUT2D eigenvalue weighted by Crippen LogP contribution is 2.10. The van der Waals surface area contributed by atoms with E-state index in [0.717, 1.165) is 6.07 Å². The standard InChI is InChI=1S/C12H15F2NO/c1-9(16)8-15(2)6-5-10-3-4-11(13)7-12(10)14/h3-4,7H,5-6,8H2,1-2H3. The number of likely N-dealkylation sites (N-methyl/N-ethyl adjacent to an activating group) is 1. The van der Waals surface area contributed by atoms with E-state index in [-0.39, 0.29) is 5.78 Å². The first-order chi connectivity index (χ1) is 7.49. The maximum Gasteiger partial charge on any atom is 0.143 e. The van der Waals surface area contributed by atoms with Crippen molar-refractivity contribution in [1.29, 1.82) is 0 Å². The Morgan fingerprint density at radius 3 is 2.62 bits per heavy atom. The zero-order valence-corrected chi connectivity index (χ0v) is 9.46. The molecule has 0 spiro atoms. The number of rotatable bonds is 5. The van der Waals surface area contributed by atoms with Crippen LogP contribution in [0.1, 0.15) is 12.5 Å². The van der Waals surface area contributed by atoms with E-state index in [2.05, 4.69) is 0 Å². The summed E-state index contributed by atoms with van der Waals surface area (Å²) in [4.78, 5) is 12.6. The van der Waals surface area contributed by atoms with E-state index in [9.17, 15) is 13.6 Å². The van der Waals surface area contributed by atoms with Gasteiger partial charge in [-0.3, -0.25) is 9.69 Å². The van der Waals surface area contributed by atoms with E-state index in [1.54, 1.807) is 7.05 Å². The molecule has 88 valence electrons. The molecular formula is C12H15F2NO. The lowest BCUT2D eigenvalue weighted by Crippen LogP contribution is -2.26. The Morgan fingerprint density at radius 1 is 1.38 bits per heavy atom. The molecule has 0 fully saturated rings. The third-order valence-corrected chi connectivity index (χ3v) is 2.27. The average molecular weight is 227 g/mol. The number of Topliss-reactive ketones (excluding diaryl/α,β-unsaturated/α-hetero) is 1. The van der Waals surface area contributed by atoms with Gasteiger partial charge in [-0.1, -0.05) is 6.07 Å². The van der Waals surface area contributed by atoms with Crippen molar-refractivity contribution in [3.63, 3.8) is 0 Å². The van der Waals surface area contributed by atoms with Gasteiger partial charge in [0.15, 0.2) is 0 Å². The number of hydrogen-bond donors (Lipinski definition) is 0. The van der Waals surface area contributed by atoms with Crippen LogP contribution < -0.4 is 0 Å². The lowest BCUT2D eigenvalue weighted by Gasteiger charge is -2.14. The van der Waals surface area contributed by atoms with Gasteiger partial charge in [-0.05, 0) is 32.0 Å². The first kappa shape index (κ1) is 12.8. The minimum absolute atomic E-state index is 0.0714. The van der Waals surface area contributed by atoms with Crippen LogP contribution in [0.25, 0.3) is 0 Å². The Hall–Kier alpha value is -1.29. The summed E-state index contributed by atoms with van der Waals surface area (Å²) in [6.45, 7) is 2.43. The smallest absolute Gasteiger partial charge is 0.143 e. The lowest BCUT2D eigenvalue weighted by atomic mass is 10.1. The minimum Gasteiger partial charge on any atom is -0.299 e. The molecule has 16 heavy (non-hydrogen) atoms. The summed E-state index contributed by atoms with van der Waals surface area (Å²) in [6, 6.07) is 3.55. The van der Waals surface area contributed by atoms with Gasteiger partial charge in [0.25, 0.3) is 0 Å². The van der Waals surface area contributed by atoms with Gasteiger partial charge in [0.1, 0.15) is 17.4 Å². The maximum atomic E-state index is 13.2. The van der Waals surface area contributed by atoms with Crippen molar-refractivity contribution in [2.45, 2.75) is 13.3 Å². The van der Waals surface area contributed by atoms with Gasteiger partial charge < -0.3 is 0 Å². The lowest BCUT2D eigenvalue weighted by molar-refractivity contribution is -0.117. The van der Waals surface area contributed by atoms with E-state index in [4.69, 9.17) is 0 Å². The molecule has 0 aliphatic heterocycles. The van der Waals surface area contributed by atoms with Gasteiger partial charge in [-0.2, -0.15) is 0 Å². The molecule has 0 aromatic heterocycles. The van der Waals surface area contributed by atoms with Gasteiger partial charge in [0, 0.05) is 12.6 Å². The Labute approximate surface area is 93.9 Å². The summed E-state index contributed by atoms with van der Waals surface area (Å²) in [5.74, 6) is -1.03. The first-order valence-electron chi connectivity index (χ1n) is 5.11. The summed E-state index contributed by atoms with van der Waals surface area (Å²) in [5, 5.41) is 0. The van der Waals surface area contributed by atoms with E-state index < -0.39 is 11.6 Å². The fourth-order valence-electron chi connectivity index (χ4n) is 1.49. The molecule has 0 N–H and O–H groups in total. The molecule has 2 nitrogen and oxygen atoms in total. The quantitative estimate of drug-likeness (QED) is 0.767. The van der Waals surface area contributed by atoms with Crippen LogP contribution in [0.2, 0.25) is 0 Å². The van der Waals surface area contributed by atoms with Gasteiger partial charge in [-0.15, -0.1) is 0 Å². The second-order valence-electron chi connectivity index (χ2n) is 3.93. The normalized spacial score (nSPS) is 10.8. The highest BCUT2D eigenvalue weighted by molar-refractivity contribution is 5.77. The molecule has 0 aliphatic rings. The predicted octanol–water partition coefficient (Wildman–Crippen LogP) is 2.03. The molecule has 0 saturated carbocycles. The molecular weight excluding hydrogens is 212 g/mol. The number of nitrogens with zero attached hydrogens (tertiary/aromatic N) is 1. The molecule has 0 unspecified atom stereocenters. The summed E-state index contributed by atoms with van der Waals surface area (Å²) < 4.78 is 25.9. The zero-order chi connectivity index (χ0) is 12.1. The number of ketones is 1. The molecule has 1 rings (SSSR count). The Morgan fingerprint density at radius 2 is 2.06 bits per heavy atom. The molecule has 1 aromatic rings. The van der Waals surface area contributed by atoms with Crippen LogP contribution >= 0.6 is 0 Å². The molecule has 0 heterocycles. The van der Waals surface area contributed by atoms with Crippen LogP contribution in [0.5, 0.6) is 0 Å². The van der Waals surface area contributed by atoms with Gasteiger partial charge in [0.05, 0.1) is 6.54 Å². The van der Waals surface area contributed by atoms with Crippen LogP contribution in [-0.4, -0.2) is 30.8 Å². The Balaban J connectivity index is 2.51. The first-order valence-corrected chi connectivity index (χ1v) is 5.11. The van der Waals surface area contributed by atoms with Crippen molar-refractivity contribution in [2.24, 2.45) is 0 Å². The highest BCUT2D eigenvalue weighted by atomic mass is 19.1. The molecule has 1 aromatic carbocycles. The Kier molecular flexibility index (Phi) is 4.55. The monoisotopic (exact) mass is 227 g/mol. The number of halogens is 2. The fraction of sp³-hybridized carbons (Fsp3) is 0.417. The predicted molar refractivity (Wildman–Crippen MR) is 58.2 cm³/mol. The number of carbonyl (C=O) groups excluding carboxylic acids is 1. The van der Waals surface area contributed by atoms with Crippen molar-refractivity contribution in [3.8, 4) is 0 Å². The second kappa shape index (κ2) is 5.70. The summed E-state index contributed by atoms with van der Waals surface area (Å²) in [7, 11) is 1.79. The van der Waals surface area contributed by atoms with E-state index >= 15 is 0 Å². The van der Waals surface area contributed by atoms with Crippen LogP contribution in [0, 0.1) is 11.6 Å². The second-order valence-corrected chi connectivity index (χ2v) is 3.93.